The van der Waals surface area contributed by atoms with Crippen LogP contribution in [0.5, 0.6) is 0 Å². The molecule has 0 fully saturated rings. The van der Waals surface area contributed by atoms with Gasteiger partial charge in [-0.25, -0.2) is 0 Å². The summed E-state index contributed by atoms with van der Waals surface area (Å²) < 4.78 is 0. The smallest absolute Gasteiger partial charge is 0.299 e. The normalized spacial score (nSPS) is 13.8. The van der Waals surface area contributed by atoms with Crippen molar-refractivity contribution in [3.63, 3.8) is 0 Å². The van der Waals surface area contributed by atoms with E-state index in [0.29, 0.717) is 21.3 Å². The molecule has 2 aromatic carbocycles. The first kappa shape index (κ1) is 14.4. The fourth-order valence-electron chi connectivity index (χ4n) is 2.10. The Balaban J connectivity index is 1.97. The fourth-order valence-corrected chi connectivity index (χ4v) is 3.49. The summed E-state index contributed by atoms with van der Waals surface area (Å²) in [4.78, 5) is 26.5. The summed E-state index contributed by atoms with van der Waals surface area (Å²) >= 11 is 13.5. The molecule has 1 heterocycles. The molecule has 106 valence electrons. The van der Waals surface area contributed by atoms with E-state index < -0.39 is 11.7 Å². The molecule has 0 aromatic heterocycles. The van der Waals surface area contributed by atoms with Crippen molar-refractivity contribution in [1.29, 1.82) is 0 Å². The van der Waals surface area contributed by atoms with Crippen LogP contribution in [-0.4, -0.2) is 18.7 Å². The quantitative estimate of drug-likeness (QED) is 0.766. The monoisotopic (exact) mass is 337 g/mol. The Hall–Kier alpha value is -1.49. The number of likely N-dealkylation sites (N-methyl/N-ethyl adjacent to an activating group) is 1. The Morgan fingerprint density at radius 2 is 1.81 bits per heavy atom. The maximum absolute atomic E-state index is 11.7. The zero-order valence-electron chi connectivity index (χ0n) is 10.9. The van der Waals surface area contributed by atoms with Crippen LogP contribution in [0.2, 0.25) is 10.0 Å². The zero-order chi connectivity index (χ0) is 15.1. The standard InChI is InChI=1S/C15H9Cl2NO2S/c1-18-12-7-9(3-4-10(12)14(19)15(18)20)21-13-6-8(16)2-5-11(13)17/h2-7H,1H3. The van der Waals surface area contributed by atoms with Gasteiger partial charge in [-0.05, 0) is 36.4 Å². The van der Waals surface area contributed by atoms with Crippen LogP contribution in [0.15, 0.2) is 46.2 Å². The molecule has 3 nitrogen and oxygen atoms in total. The van der Waals surface area contributed by atoms with E-state index in [0.717, 1.165) is 9.79 Å². The van der Waals surface area contributed by atoms with Crippen LogP contribution >= 0.6 is 35.0 Å². The second-order valence-electron chi connectivity index (χ2n) is 4.55. The van der Waals surface area contributed by atoms with Crippen LogP contribution in [0, 0.1) is 0 Å². The van der Waals surface area contributed by atoms with Crippen molar-refractivity contribution in [2.45, 2.75) is 9.79 Å². The highest BCUT2D eigenvalue weighted by Crippen LogP contribution is 2.38. The zero-order valence-corrected chi connectivity index (χ0v) is 13.2. The molecule has 0 atom stereocenters. The molecule has 0 spiro atoms. The number of nitrogens with zero attached hydrogens (tertiary/aromatic N) is 1. The van der Waals surface area contributed by atoms with E-state index in [2.05, 4.69) is 0 Å². The number of amides is 1. The molecular formula is C15H9Cl2NO2S. The van der Waals surface area contributed by atoms with Gasteiger partial charge in [-0.1, -0.05) is 35.0 Å². The van der Waals surface area contributed by atoms with E-state index in [1.807, 2.05) is 0 Å². The molecule has 1 aliphatic rings. The number of carbonyl (C=O) groups is 2. The number of ketones is 1. The first-order valence-corrected chi connectivity index (χ1v) is 7.64. The maximum Gasteiger partial charge on any atom is 0.299 e. The molecule has 1 aliphatic heterocycles. The average molecular weight is 338 g/mol. The summed E-state index contributed by atoms with van der Waals surface area (Å²) in [6, 6.07) is 10.5. The summed E-state index contributed by atoms with van der Waals surface area (Å²) in [5.41, 5.74) is 1.05. The van der Waals surface area contributed by atoms with Crippen LogP contribution in [0.25, 0.3) is 0 Å². The minimum atomic E-state index is -0.507. The first-order valence-electron chi connectivity index (χ1n) is 6.06. The summed E-state index contributed by atoms with van der Waals surface area (Å²) in [6.07, 6.45) is 0. The topological polar surface area (TPSA) is 37.4 Å². The fraction of sp³-hybridized carbons (Fsp3) is 0.0667. The number of rotatable bonds is 2. The number of hydrogen-bond donors (Lipinski definition) is 0. The molecule has 0 bridgehead atoms. The maximum atomic E-state index is 11.7. The van der Waals surface area contributed by atoms with Crippen LogP contribution in [0.3, 0.4) is 0 Å². The lowest BCUT2D eigenvalue weighted by molar-refractivity contribution is -0.114. The van der Waals surface area contributed by atoms with Gasteiger partial charge in [0.2, 0.25) is 0 Å². The van der Waals surface area contributed by atoms with E-state index in [4.69, 9.17) is 23.2 Å². The van der Waals surface area contributed by atoms with Crippen LogP contribution < -0.4 is 4.90 Å². The molecular weight excluding hydrogens is 329 g/mol. The SMILES string of the molecule is CN1C(=O)C(=O)c2ccc(Sc3cc(Cl)ccc3Cl)cc21. The van der Waals surface area contributed by atoms with Gasteiger partial charge in [0.15, 0.2) is 0 Å². The van der Waals surface area contributed by atoms with Crippen molar-refractivity contribution in [3.8, 4) is 0 Å². The Bertz CT molecular complexity index is 776. The highest BCUT2D eigenvalue weighted by molar-refractivity contribution is 7.99. The lowest BCUT2D eigenvalue weighted by Crippen LogP contribution is -2.24. The molecule has 2 aromatic rings. The number of anilines is 1. The van der Waals surface area contributed by atoms with E-state index in [1.54, 1.807) is 43.4 Å². The van der Waals surface area contributed by atoms with Gasteiger partial charge in [0.25, 0.3) is 11.7 Å². The summed E-state index contributed by atoms with van der Waals surface area (Å²) in [5, 5.41) is 1.20. The minimum absolute atomic E-state index is 0.434. The molecule has 0 aliphatic carbocycles. The molecule has 0 radical (unpaired) electrons. The van der Waals surface area contributed by atoms with Gasteiger partial charge in [-0.2, -0.15) is 0 Å². The third-order valence-corrected chi connectivity index (χ3v) is 4.92. The number of benzene rings is 2. The van der Waals surface area contributed by atoms with Gasteiger partial charge in [-0.15, -0.1) is 0 Å². The minimum Gasteiger partial charge on any atom is -0.308 e. The van der Waals surface area contributed by atoms with Crippen LogP contribution in [-0.2, 0) is 4.79 Å². The molecule has 6 heteroatoms. The third-order valence-electron chi connectivity index (χ3n) is 3.20. The molecule has 0 saturated carbocycles. The second-order valence-corrected chi connectivity index (χ2v) is 6.51. The lowest BCUT2D eigenvalue weighted by Gasteiger charge is -2.10. The summed E-state index contributed by atoms with van der Waals surface area (Å²) in [6.45, 7) is 0. The predicted molar refractivity (Wildman–Crippen MR) is 84.8 cm³/mol. The molecule has 0 saturated heterocycles. The number of Topliss-reactive ketones (excluding diaryl/α,β-unsaturated/α-hetero) is 1. The second kappa shape index (κ2) is 5.37. The van der Waals surface area contributed by atoms with Crippen LogP contribution in [0.1, 0.15) is 10.4 Å². The van der Waals surface area contributed by atoms with Gasteiger partial charge in [0.05, 0.1) is 16.3 Å². The van der Waals surface area contributed by atoms with Crippen molar-refractivity contribution in [2.24, 2.45) is 0 Å². The van der Waals surface area contributed by atoms with Crippen molar-refractivity contribution in [3.05, 3.63) is 52.0 Å². The number of hydrogen-bond acceptors (Lipinski definition) is 3. The highest BCUT2D eigenvalue weighted by atomic mass is 35.5. The molecule has 0 unspecified atom stereocenters. The number of carbonyl (C=O) groups excluding carboxylic acids is 2. The molecule has 0 N–H and O–H groups in total. The van der Waals surface area contributed by atoms with Gasteiger partial charge in [0.1, 0.15) is 0 Å². The molecule has 1 amide bonds. The number of fused-ring (bicyclic) bond motifs is 1. The third kappa shape index (κ3) is 2.55. The Kier molecular flexibility index (Phi) is 3.69. The average Bonchev–Trinajstić information content (AvgIpc) is 2.68. The van der Waals surface area contributed by atoms with Gasteiger partial charge >= 0.3 is 0 Å². The van der Waals surface area contributed by atoms with Gasteiger partial charge in [-0.3, -0.25) is 9.59 Å². The van der Waals surface area contributed by atoms with Crippen molar-refractivity contribution in [1.82, 2.24) is 0 Å². The Labute approximate surface area is 135 Å². The van der Waals surface area contributed by atoms with Crippen molar-refractivity contribution in [2.75, 3.05) is 11.9 Å². The molecule has 3 rings (SSSR count). The van der Waals surface area contributed by atoms with Gasteiger partial charge < -0.3 is 4.90 Å². The van der Waals surface area contributed by atoms with E-state index >= 15 is 0 Å². The van der Waals surface area contributed by atoms with Gasteiger partial charge in [0, 0.05) is 21.9 Å². The predicted octanol–water partition coefficient (Wildman–Crippen LogP) is 4.30. The van der Waals surface area contributed by atoms with E-state index in [-0.39, 0.29) is 0 Å². The highest BCUT2D eigenvalue weighted by Gasteiger charge is 2.33. The lowest BCUT2D eigenvalue weighted by atomic mass is 10.1. The van der Waals surface area contributed by atoms with Crippen LogP contribution in [0.4, 0.5) is 5.69 Å². The first-order chi connectivity index (χ1) is 9.97. The number of halogens is 2. The Morgan fingerprint density at radius 1 is 1.05 bits per heavy atom. The van der Waals surface area contributed by atoms with Crippen molar-refractivity contribution < 1.29 is 9.59 Å². The van der Waals surface area contributed by atoms with E-state index in [9.17, 15) is 9.59 Å². The largest absolute Gasteiger partial charge is 0.308 e. The summed E-state index contributed by atoms with van der Waals surface area (Å²) in [5.74, 6) is -0.974. The summed E-state index contributed by atoms with van der Waals surface area (Å²) in [7, 11) is 1.59. The Morgan fingerprint density at radius 3 is 2.57 bits per heavy atom. The van der Waals surface area contributed by atoms with E-state index in [1.165, 1.54) is 16.7 Å². The molecule has 21 heavy (non-hydrogen) atoms. The van der Waals surface area contributed by atoms with Crippen molar-refractivity contribution >= 4 is 52.3 Å².